The van der Waals surface area contributed by atoms with Crippen molar-refractivity contribution in [2.75, 3.05) is 24.7 Å². The molecule has 0 N–H and O–H groups in total. The Morgan fingerprint density at radius 1 is 0.778 bits per heavy atom. The normalized spacial score (nSPS) is 21.2. The summed E-state index contributed by atoms with van der Waals surface area (Å²) in [5, 5.41) is 0. The van der Waals surface area contributed by atoms with Crippen molar-refractivity contribution in [3.8, 4) is 0 Å². The first-order valence-electron chi connectivity index (χ1n) is 8.46. The van der Waals surface area contributed by atoms with Crippen LogP contribution in [0.3, 0.4) is 0 Å². The van der Waals surface area contributed by atoms with E-state index < -0.39 is 7.60 Å². The lowest BCUT2D eigenvalue weighted by molar-refractivity contribution is 0.223. The third-order valence-electron chi connectivity index (χ3n) is 3.08. The topological polar surface area (TPSA) is 35.5 Å². The maximum Gasteiger partial charge on any atom is 0.354 e. The zero-order valence-electron chi connectivity index (χ0n) is 15.3. The van der Waals surface area contributed by atoms with Gasteiger partial charge in [0.2, 0.25) is 0 Å². The number of hydrogen-bond donors (Lipinski definition) is 0. The van der Waals surface area contributed by atoms with Gasteiger partial charge in [0.25, 0.3) is 0 Å². The molecule has 3 rings (SSSR count). The Hall–Kier alpha value is 2.17. The fraction of sp³-hybridized carbons (Fsp3) is 0.600. The van der Waals surface area contributed by atoms with Crippen LogP contribution >= 0.6 is 102 Å². The first-order valence-corrected chi connectivity index (χ1v) is 17.1. The molecule has 27 heavy (non-hydrogen) atoms. The lowest BCUT2D eigenvalue weighted by Crippen LogP contribution is -2.04. The van der Waals surface area contributed by atoms with Crippen molar-refractivity contribution in [1.29, 1.82) is 0 Å². The average Bonchev–Trinajstić information content (AvgIpc) is 3.29. The highest BCUT2D eigenvalue weighted by molar-refractivity contribution is 8.49. The lowest BCUT2D eigenvalue weighted by atomic mass is 10.9. The van der Waals surface area contributed by atoms with E-state index in [1.54, 1.807) is 23.5 Å². The van der Waals surface area contributed by atoms with Crippen LogP contribution in [0.1, 0.15) is 27.7 Å². The molecular formula is C15H21O3PS8. The molecule has 0 unspecified atom stereocenters. The summed E-state index contributed by atoms with van der Waals surface area (Å²) < 4.78 is 32.1. The highest BCUT2D eigenvalue weighted by atomic mass is 32.3. The van der Waals surface area contributed by atoms with Crippen LogP contribution in [0.25, 0.3) is 0 Å². The van der Waals surface area contributed by atoms with Gasteiger partial charge in [-0.15, -0.1) is 23.5 Å². The molecule has 12 heteroatoms. The minimum absolute atomic E-state index is 0.187. The largest absolute Gasteiger partial charge is 0.354 e. The highest BCUT2D eigenvalue weighted by Gasteiger charge is 2.46. The Labute approximate surface area is 195 Å². The minimum atomic E-state index is -3.09. The molecule has 0 aromatic rings. The molecule has 0 bridgehead atoms. The molecule has 3 heterocycles. The minimum Gasteiger partial charge on any atom is -0.307 e. The van der Waals surface area contributed by atoms with E-state index in [0.29, 0.717) is 13.2 Å². The number of thioether (sulfide) groups is 8. The lowest BCUT2D eigenvalue weighted by Gasteiger charge is -2.22. The third-order valence-corrected chi connectivity index (χ3v) is 18.3. The zero-order valence-corrected chi connectivity index (χ0v) is 22.8. The van der Waals surface area contributed by atoms with E-state index in [1.807, 2.05) is 84.4 Å². The van der Waals surface area contributed by atoms with Crippen LogP contribution in [-0.4, -0.2) is 29.0 Å². The maximum atomic E-state index is 13.1. The summed E-state index contributed by atoms with van der Waals surface area (Å²) in [5.74, 6) is 2.21. The van der Waals surface area contributed by atoms with Gasteiger partial charge >= 0.3 is 7.60 Å². The standard InChI is InChI=1S/C15H21O3PS8/c1-5-17-19(16,18-6-2)15-26-13-14(27-15)25-12(24-13)11-22-9(20-7-3)10(23-11)21-8-4/h15H,5-8H2,1-4H3. The number of hydrogen-bond acceptors (Lipinski definition) is 11. The van der Waals surface area contributed by atoms with Crippen LogP contribution in [0.4, 0.5) is 0 Å². The molecule has 0 saturated carbocycles. The van der Waals surface area contributed by atoms with Gasteiger partial charge in [0, 0.05) is 0 Å². The second-order valence-corrected chi connectivity index (χ2v) is 18.4. The van der Waals surface area contributed by atoms with E-state index in [-0.39, 0.29) is 4.32 Å². The fourth-order valence-electron chi connectivity index (χ4n) is 2.15. The van der Waals surface area contributed by atoms with Gasteiger partial charge in [0.15, 0.2) is 4.32 Å². The molecule has 0 spiro atoms. The van der Waals surface area contributed by atoms with E-state index in [9.17, 15) is 4.57 Å². The van der Waals surface area contributed by atoms with Gasteiger partial charge in [-0.3, -0.25) is 4.57 Å². The predicted octanol–water partition coefficient (Wildman–Crippen LogP) is 8.86. The summed E-state index contributed by atoms with van der Waals surface area (Å²) in [6.45, 7) is 8.96. The van der Waals surface area contributed by atoms with E-state index in [2.05, 4.69) is 13.8 Å². The fourth-order valence-corrected chi connectivity index (χ4v) is 18.2. The molecule has 0 aromatic carbocycles. The van der Waals surface area contributed by atoms with Crippen LogP contribution in [0, 0.1) is 0 Å². The smallest absolute Gasteiger partial charge is 0.307 e. The van der Waals surface area contributed by atoms with Gasteiger partial charge in [-0.05, 0) is 25.4 Å². The summed E-state index contributed by atoms with van der Waals surface area (Å²) >= 11 is 14.6. The second kappa shape index (κ2) is 11.2. The summed E-state index contributed by atoms with van der Waals surface area (Å²) in [7, 11) is -3.09. The van der Waals surface area contributed by atoms with E-state index in [4.69, 9.17) is 9.05 Å². The van der Waals surface area contributed by atoms with E-state index in [0.717, 1.165) is 11.5 Å². The van der Waals surface area contributed by atoms with Crippen LogP contribution < -0.4 is 0 Å². The van der Waals surface area contributed by atoms with Gasteiger partial charge in [0.1, 0.15) is 0 Å². The summed E-state index contributed by atoms with van der Waals surface area (Å²) in [6.07, 6.45) is 0. The second-order valence-electron chi connectivity index (χ2n) is 4.92. The van der Waals surface area contributed by atoms with Gasteiger partial charge in [-0.2, -0.15) is 0 Å². The van der Waals surface area contributed by atoms with Crippen molar-refractivity contribution in [2.45, 2.75) is 32.0 Å². The van der Waals surface area contributed by atoms with Gasteiger partial charge < -0.3 is 9.05 Å². The third kappa shape index (κ3) is 5.70. The van der Waals surface area contributed by atoms with Crippen molar-refractivity contribution in [2.24, 2.45) is 0 Å². The molecule has 3 aliphatic heterocycles. The summed E-state index contributed by atoms with van der Waals surface area (Å²) in [4.78, 5) is 0. The number of rotatable bonds is 9. The monoisotopic (exact) mass is 536 g/mol. The molecular weight excluding hydrogens is 516 g/mol. The Morgan fingerprint density at radius 2 is 1.22 bits per heavy atom. The SMILES string of the molecule is CCOP(=O)(OCC)C1SC2=C(SC(=C3SC(SCC)=C(SCC)S3)S2)S1. The molecule has 3 nitrogen and oxygen atoms in total. The Morgan fingerprint density at radius 3 is 1.63 bits per heavy atom. The van der Waals surface area contributed by atoms with Gasteiger partial charge in [-0.1, -0.05) is 84.4 Å². The molecule has 0 radical (unpaired) electrons. The van der Waals surface area contributed by atoms with Crippen molar-refractivity contribution in [3.63, 3.8) is 0 Å². The van der Waals surface area contributed by atoms with E-state index >= 15 is 0 Å². The zero-order chi connectivity index (χ0) is 19.4. The quantitative estimate of drug-likeness (QED) is 0.265. The van der Waals surface area contributed by atoms with Crippen molar-refractivity contribution < 1.29 is 13.6 Å². The van der Waals surface area contributed by atoms with Crippen LogP contribution in [0.5, 0.6) is 0 Å². The van der Waals surface area contributed by atoms with Crippen molar-refractivity contribution in [3.05, 3.63) is 25.4 Å². The van der Waals surface area contributed by atoms with Gasteiger partial charge in [-0.25, -0.2) is 0 Å². The molecule has 3 aliphatic rings. The molecule has 0 atom stereocenters. The Balaban J connectivity index is 1.65. The highest BCUT2D eigenvalue weighted by Crippen LogP contribution is 2.76. The predicted molar refractivity (Wildman–Crippen MR) is 138 cm³/mol. The average molecular weight is 537 g/mol. The van der Waals surface area contributed by atoms with Crippen LogP contribution in [0.2, 0.25) is 0 Å². The first kappa shape index (κ1) is 23.8. The van der Waals surface area contributed by atoms with Crippen molar-refractivity contribution >= 4 is 102 Å². The Bertz CT molecular complexity index is 670. The molecule has 0 aliphatic carbocycles. The molecule has 152 valence electrons. The van der Waals surface area contributed by atoms with Gasteiger partial charge in [0.05, 0.1) is 38.6 Å². The Kier molecular flexibility index (Phi) is 9.85. The van der Waals surface area contributed by atoms with Crippen molar-refractivity contribution in [1.82, 2.24) is 0 Å². The molecule has 0 aromatic heterocycles. The first-order chi connectivity index (χ1) is 13.0. The molecule has 0 fully saturated rings. The molecule has 0 saturated heterocycles. The maximum absolute atomic E-state index is 13.1. The summed E-state index contributed by atoms with van der Waals surface area (Å²) in [6, 6.07) is 0. The van der Waals surface area contributed by atoms with E-state index in [1.165, 1.54) is 25.4 Å². The molecule has 0 amide bonds. The van der Waals surface area contributed by atoms with Crippen LogP contribution in [-0.2, 0) is 13.6 Å². The van der Waals surface area contributed by atoms with Crippen LogP contribution in [0.15, 0.2) is 25.4 Å². The summed E-state index contributed by atoms with van der Waals surface area (Å²) in [5.41, 5.74) is 0.